The van der Waals surface area contributed by atoms with Crippen molar-refractivity contribution in [2.24, 2.45) is 0 Å². The molecular formula is C11H22N2O5S. The third-order valence-corrected chi connectivity index (χ3v) is 5.01. The molecule has 0 aromatic heterocycles. The quantitative estimate of drug-likeness (QED) is 0.627. The highest BCUT2D eigenvalue weighted by Gasteiger charge is 2.31. The Morgan fingerprint density at radius 1 is 1.32 bits per heavy atom. The summed E-state index contributed by atoms with van der Waals surface area (Å²) in [6, 6.07) is -1.65. The zero-order chi connectivity index (χ0) is 15.3. The summed E-state index contributed by atoms with van der Waals surface area (Å²) in [4.78, 5) is 22.4. The lowest BCUT2D eigenvalue weighted by Crippen LogP contribution is -2.50. The highest BCUT2D eigenvalue weighted by atomic mass is 32.2. The monoisotopic (exact) mass is 294 g/mol. The van der Waals surface area contributed by atoms with Crippen LogP contribution in [0.4, 0.5) is 4.79 Å². The zero-order valence-corrected chi connectivity index (χ0v) is 12.5. The van der Waals surface area contributed by atoms with E-state index in [-0.39, 0.29) is 6.54 Å². The molecule has 7 nitrogen and oxygen atoms in total. The van der Waals surface area contributed by atoms with E-state index in [1.54, 1.807) is 0 Å². The average Bonchev–Trinajstić information content (AvgIpc) is 2.24. The molecule has 0 aliphatic carbocycles. The van der Waals surface area contributed by atoms with Gasteiger partial charge in [-0.05, 0) is 20.3 Å². The average molecular weight is 294 g/mol. The highest BCUT2D eigenvalue weighted by molar-refractivity contribution is 7.92. The molecule has 0 fully saturated rings. The van der Waals surface area contributed by atoms with Gasteiger partial charge in [0.05, 0.1) is 4.75 Å². The van der Waals surface area contributed by atoms with E-state index >= 15 is 0 Å². The van der Waals surface area contributed by atoms with Crippen molar-refractivity contribution < 1.29 is 23.1 Å². The SMILES string of the molecule is CCCC(NC(=O)NCC(C)(C)S(C)(=O)=O)C(=O)O. The maximum absolute atomic E-state index is 11.5. The Labute approximate surface area is 113 Å². The molecule has 0 aromatic rings. The molecule has 0 aliphatic heterocycles. The Balaban J connectivity index is 4.44. The third-order valence-electron chi connectivity index (χ3n) is 2.86. The van der Waals surface area contributed by atoms with Gasteiger partial charge in [0.1, 0.15) is 6.04 Å². The number of hydrogen-bond acceptors (Lipinski definition) is 4. The van der Waals surface area contributed by atoms with E-state index in [9.17, 15) is 18.0 Å². The minimum absolute atomic E-state index is 0.0872. The van der Waals surface area contributed by atoms with Crippen molar-refractivity contribution in [2.75, 3.05) is 12.8 Å². The van der Waals surface area contributed by atoms with Crippen LogP contribution in [0.25, 0.3) is 0 Å². The second-order valence-electron chi connectivity index (χ2n) is 5.04. The molecule has 3 N–H and O–H groups in total. The fourth-order valence-electron chi connectivity index (χ4n) is 1.18. The number of sulfone groups is 1. The van der Waals surface area contributed by atoms with Gasteiger partial charge in [-0.15, -0.1) is 0 Å². The first-order chi connectivity index (χ1) is 8.51. The zero-order valence-electron chi connectivity index (χ0n) is 11.7. The summed E-state index contributed by atoms with van der Waals surface area (Å²) in [5, 5.41) is 13.5. The number of hydrogen-bond donors (Lipinski definition) is 3. The van der Waals surface area contributed by atoms with Crippen LogP contribution in [0.2, 0.25) is 0 Å². The Morgan fingerprint density at radius 3 is 2.21 bits per heavy atom. The van der Waals surface area contributed by atoms with Gasteiger partial charge in [0.25, 0.3) is 0 Å². The van der Waals surface area contributed by atoms with Gasteiger partial charge < -0.3 is 15.7 Å². The Bertz CT molecular complexity index is 430. The van der Waals surface area contributed by atoms with Crippen LogP contribution in [0.3, 0.4) is 0 Å². The first-order valence-corrected chi connectivity index (χ1v) is 7.87. The van der Waals surface area contributed by atoms with Crippen molar-refractivity contribution in [3.8, 4) is 0 Å². The van der Waals surface area contributed by atoms with Crippen molar-refractivity contribution >= 4 is 21.8 Å². The summed E-state index contributed by atoms with van der Waals surface area (Å²) < 4.78 is 21.8. The summed E-state index contributed by atoms with van der Waals surface area (Å²) in [7, 11) is -3.31. The number of nitrogens with one attached hydrogen (secondary N) is 2. The number of carboxylic acids is 1. The Morgan fingerprint density at radius 2 is 1.84 bits per heavy atom. The van der Waals surface area contributed by atoms with Crippen LogP contribution < -0.4 is 10.6 Å². The smallest absolute Gasteiger partial charge is 0.326 e. The standard InChI is InChI=1S/C11H22N2O5S/c1-5-6-8(9(14)15)13-10(16)12-7-11(2,3)19(4,17)18/h8H,5-7H2,1-4H3,(H,14,15)(H2,12,13,16). The number of carbonyl (C=O) groups excluding carboxylic acids is 1. The van der Waals surface area contributed by atoms with Gasteiger partial charge in [-0.25, -0.2) is 18.0 Å². The number of aliphatic carboxylic acids is 1. The normalized spacial score (nSPS) is 13.7. The molecule has 0 heterocycles. The minimum atomic E-state index is -3.31. The fourth-order valence-corrected chi connectivity index (χ4v) is 1.51. The van der Waals surface area contributed by atoms with E-state index in [4.69, 9.17) is 5.11 Å². The van der Waals surface area contributed by atoms with Crippen molar-refractivity contribution in [3.63, 3.8) is 0 Å². The lowest BCUT2D eigenvalue weighted by molar-refractivity contribution is -0.139. The predicted molar refractivity (Wildman–Crippen MR) is 71.8 cm³/mol. The van der Waals surface area contributed by atoms with Crippen LogP contribution in [0.15, 0.2) is 0 Å². The van der Waals surface area contributed by atoms with Gasteiger partial charge in [0.15, 0.2) is 9.84 Å². The molecule has 0 aliphatic rings. The molecule has 0 aromatic carbocycles. The molecule has 19 heavy (non-hydrogen) atoms. The van der Waals surface area contributed by atoms with E-state index in [1.165, 1.54) is 13.8 Å². The van der Waals surface area contributed by atoms with Crippen LogP contribution in [-0.4, -0.2) is 49.1 Å². The van der Waals surface area contributed by atoms with Crippen LogP contribution in [-0.2, 0) is 14.6 Å². The van der Waals surface area contributed by atoms with Crippen molar-refractivity contribution in [2.45, 2.75) is 44.4 Å². The van der Waals surface area contributed by atoms with Crippen molar-refractivity contribution in [1.29, 1.82) is 0 Å². The van der Waals surface area contributed by atoms with Crippen LogP contribution >= 0.6 is 0 Å². The Kier molecular flexibility index (Phi) is 6.28. The summed E-state index contributed by atoms with van der Waals surface area (Å²) in [6.45, 7) is 4.70. The lowest BCUT2D eigenvalue weighted by atomic mass is 10.2. The van der Waals surface area contributed by atoms with E-state index in [0.717, 1.165) is 6.26 Å². The molecule has 0 rings (SSSR count). The number of amides is 2. The van der Waals surface area contributed by atoms with Crippen molar-refractivity contribution in [1.82, 2.24) is 10.6 Å². The number of carboxylic acid groups (broad SMARTS) is 1. The first-order valence-electron chi connectivity index (χ1n) is 5.98. The number of rotatable bonds is 7. The Hall–Kier alpha value is -1.31. The van der Waals surface area contributed by atoms with Gasteiger partial charge in [-0.1, -0.05) is 13.3 Å². The molecule has 1 atom stereocenters. The number of carbonyl (C=O) groups is 2. The van der Waals surface area contributed by atoms with E-state index in [2.05, 4.69) is 10.6 Å². The topological polar surface area (TPSA) is 113 Å². The summed E-state index contributed by atoms with van der Waals surface area (Å²) in [5.41, 5.74) is 0. The number of urea groups is 1. The molecular weight excluding hydrogens is 272 g/mol. The van der Waals surface area contributed by atoms with Gasteiger partial charge in [-0.3, -0.25) is 0 Å². The largest absolute Gasteiger partial charge is 0.480 e. The van der Waals surface area contributed by atoms with Gasteiger partial charge in [0, 0.05) is 12.8 Å². The van der Waals surface area contributed by atoms with E-state index < -0.39 is 32.6 Å². The first kappa shape index (κ1) is 17.7. The lowest BCUT2D eigenvalue weighted by Gasteiger charge is -2.23. The van der Waals surface area contributed by atoms with Gasteiger partial charge in [0.2, 0.25) is 0 Å². The summed E-state index contributed by atoms with van der Waals surface area (Å²) in [5.74, 6) is -1.11. The predicted octanol–water partition coefficient (Wildman–Crippen LogP) is 0.362. The molecule has 0 saturated carbocycles. The molecule has 0 bridgehead atoms. The summed E-state index contributed by atoms with van der Waals surface area (Å²) in [6.07, 6.45) is 2.02. The van der Waals surface area contributed by atoms with E-state index in [1.807, 2.05) is 6.92 Å². The molecule has 0 spiro atoms. The van der Waals surface area contributed by atoms with Crippen LogP contribution in [0, 0.1) is 0 Å². The van der Waals surface area contributed by atoms with Crippen molar-refractivity contribution in [3.05, 3.63) is 0 Å². The molecule has 0 saturated heterocycles. The second kappa shape index (κ2) is 6.74. The summed E-state index contributed by atoms with van der Waals surface area (Å²) >= 11 is 0. The van der Waals surface area contributed by atoms with Crippen LogP contribution in [0.1, 0.15) is 33.6 Å². The van der Waals surface area contributed by atoms with Crippen LogP contribution in [0.5, 0.6) is 0 Å². The molecule has 2 amide bonds. The van der Waals surface area contributed by atoms with Gasteiger partial charge >= 0.3 is 12.0 Å². The van der Waals surface area contributed by atoms with Gasteiger partial charge in [-0.2, -0.15) is 0 Å². The molecule has 1 unspecified atom stereocenters. The van der Waals surface area contributed by atoms with E-state index in [0.29, 0.717) is 12.8 Å². The maximum atomic E-state index is 11.5. The minimum Gasteiger partial charge on any atom is -0.480 e. The third kappa shape index (κ3) is 5.91. The molecule has 8 heteroatoms. The fraction of sp³-hybridized carbons (Fsp3) is 0.818. The second-order valence-corrected chi connectivity index (χ2v) is 7.69. The molecule has 112 valence electrons. The highest BCUT2D eigenvalue weighted by Crippen LogP contribution is 2.13. The molecule has 0 radical (unpaired) electrons. The maximum Gasteiger partial charge on any atom is 0.326 e.